The minimum Gasteiger partial charge on any atom is -0.291 e. The van der Waals surface area contributed by atoms with Gasteiger partial charge in [-0.2, -0.15) is 10.2 Å². The van der Waals surface area contributed by atoms with Crippen LogP contribution >= 0.6 is 0 Å². The van der Waals surface area contributed by atoms with E-state index in [1.54, 1.807) is 12.1 Å². The fraction of sp³-hybridized carbons (Fsp3) is 0.0714. The fourth-order valence-corrected chi connectivity index (χ4v) is 1.95. The number of benzene rings is 2. The molecular formula is C14H10N2O. The highest BCUT2D eigenvalue weighted by Gasteiger charge is 2.27. The van der Waals surface area contributed by atoms with E-state index in [1.165, 1.54) is 0 Å². The van der Waals surface area contributed by atoms with Gasteiger partial charge in [0, 0.05) is 11.1 Å². The summed E-state index contributed by atoms with van der Waals surface area (Å²) in [6.45, 7) is 0. The van der Waals surface area contributed by atoms with E-state index in [1.807, 2.05) is 42.5 Å². The molecule has 0 bridgehead atoms. The second kappa shape index (κ2) is 3.94. The lowest BCUT2D eigenvalue weighted by Gasteiger charge is -2.06. The lowest BCUT2D eigenvalue weighted by Crippen LogP contribution is -2.08. The molecule has 0 fully saturated rings. The Morgan fingerprint density at radius 3 is 2.47 bits per heavy atom. The summed E-state index contributed by atoms with van der Waals surface area (Å²) >= 11 is 0. The molecule has 0 amide bonds. The molecule has 1 aliphatic rings. The summed E-state index contributed by atoms with van der Waals surface area (Å²) < 4.78 is 0. The number of nitrogens with zero attached hydrogens (tertiary/aromatic N) is 2. The quantitative estimate of drug-likeness (QED) is 0.714. The van der Waals surface area contributed by atoms with Gasteiger partial charge in [-0.3, -0.25) is 4.79 Å². The number of ketones is 1. The summed E-state index contributed by atoms with van der Waals surface area (Å²) in [6, 6.07) is 16.3. The number of Topliss-reactive ketones (excluding diaryl/α,β-unsaturated/α-hetero) is 1. The molecule has 17 heavy (non-hydrogen) atoms. The third-order valence-corrected chi connectivity index (χ3v) is 2.82. The van der Waals surface area contributed by atoms with Crippen molar-refractivity contribution in [1.29, 1.82) is 0 Å². The summed E-state index contributed by atoms with van der Waals surface area (Å²) in [4.78, 5) is 12.3. The second-order valence-corrected chi connectivity index (χ2v) is 3.91. The first-order valence-electron chi connectivity index (χ1n) is 5.45. The Morgan fingerprint density at radius 2 is 1.65 bits per heavy atom. The van der Waals surface area contributed by atoms with E-state index in [-0.39, 0.29) is 5.78 Å². The lowest BCUT2D eigenvalue weighted by molar-refractivity contribution is 0.0962. The fourth-order valence-electron chi connectivity index (χ4n) is 1.95. The number of rotatable bonds is 2. The zero-order valence-corrected chi connectivity index (χ0v) is 9.08. The molecule has 1 atom stereocenters. The maximum Gasteiger partial charge on any atom is 0.193 e. The summed E-state index contributed by atoms with van der Waals surface area (Å²) in [5.41, 5.74) is 2.36. The Morgan fingerprint density at radius 1 is 0.941 bits per heavy atom. The highest BCUT2D eigenvalue weighted by atomic mass is 16.1. The minimum atomic E-state index is -0.478. The van der Waals surface area contributed by atoms with Crippen LogP contribution in [-0.2, 0) is 0 Å². The lowest BCUT2D eigenvalue weighted by atomic mass is 9.98. The van der Waals surface area contributed by atoms with Crippen molar-refractivity contribution in [3.05, 3.63) is 65.7 Å². The number of hydrogen-bond donors (Lipinski definition) is 0. The number of carbonyl (C=O) groups excluding carboxylic acids is 1. The highest BCUT2D eigenvalue weighted by Crippen LogP contribution is 2.36. The van der Waals surface area contributed by atoms with E-state index in [9.17, 15) is 4.79 Å². The Bertz CT molecular complexity index is 590. The van der Waals surface area contributed by atoms with Gasteiger partial charge in [-0.15, -0.1) is 0 Å². The highest BCUT2D eigenvalue weighted by molar-refractivity contribution is 6.01. The van der Waals surface area contributed by atoms with Gasteiger partial charge in [-0.05, 0) is 6.07 Å². The van der Waals surface area contributed by atoms with Crippen molar-refractivity contribution in [2.75, 3.05) is 0 Å². The predicted octanol–water partition coefficient (Wildman–Crippen LogP) is 3.71. The predicted molar refractivity (Wildman–Crippen MR) is 64.5 cm³/mol. The van der Waals surface area contributed by atoms with Crippen LogP contribution in [0.5, 0.6) is 0 Å². The van der Waals surface area contributed by atoms with Crippen molar-refractivity contribution >= 4 is 11.5 Å². The van der Waals surface area contributed by atoms with Gasteiger partial charge in [0.25, 0.3) is 0 Å². The van der Waals surface area contributed by atoms with Crippen molar-refractivity contribution < 1.29 is 4.79 Å². The largest absolute Gasteiger partial charge is 0.291 e. The Balaban J connectivity index is 1.98. The molecule has 82 valence electrons. The number of hydrogen-bond acceptors (Lipinski definition) is 3. The van der Waals surface area contributed by atoms with E-state index < -0.39 is 6.04 Å². The molecule has 0 spiro atoms. The van der Waals surface area contributed by atoms with E-state index >= 15 is 0 Å². The third kappa shape index (κ3) is 1.65. The molecule has 0 unspecified atom stereocenters. The molecule has 2 aromatic carbocycles. The van der Waals surface area contributed by atoms with Crippen LogP contribution in [0.2, 0.25) is 0 Å². The molecule has 3 nitrogen and oxygen atoms in total. The van der Waals surface area contributed by atoms with Crippen LogP contribution in [0.4, 0.5) is 5.69 Å². The zero-order valence-electron chi connectivity index (χ0n) is 9.08. The monoisotopic (exact) mass is 222 g/mol. The molecule has 0 aromatic heterocycles. The normalized spacial score (nSPS) is 16.8. The van der Waals surface area contributed by atoms with Crippen LogP contribution in [0.1, 0.15) is 22.0 Å². The molecule has 0 aliphatic carbocycles. The van der Waals surface area contributed by atoms with Gasteiger partial charge in [0.2, 0.25) is 0 Å². The van der Waals surface area contributed by atoms with E-state index in [2.05, 4.69) is 10.2 Å². The standard InChI is InChI=1S/C14H10N2O/c17-14(10-6-2-1-3-7-10)13-11-8-4-5-9-12(11)15-16-13/h1-9,13H/t13-/m0/s1. The average molecular weight is 222 g/mol. The van der Waals surface area contributed by atoms with Crippen LogP contribution in [0.3, 0.4) is 0 Å². The minimum absolute atomic E-state index is 0.000648. The molecule has 0 radical (unpaired) electrons. The summed E-state index contributed by atoms with van der Waals surface area (Å²) in [5, 5.41) is 8.09. The van der Waals surface area contributed by atoms with Crippen molar-refractivity contribution in [2.24, 2.45) is 10.2 Å². The van der Waals surface area contributed by atoms with Gasteiger partial charge in [0.1, 0.15) is 0 Å². The summed E-state index contributed by atoms with van der Waals surface area (Å²) in [7, 11) is 0. The molecule has 1 heterocycles. The maximum absolute atomic E-state index is 12.3. The first-order valence-corrected chi connectivity index (χ1v) is 5.45. The van der Waals surface area contributed by atoms with E-state index in [0.29, 0.717) is 5.56 Å². The van der Waals surface area contributed by atoms with Crippen molar-refractivity contribution in [3.8, 4) is 0 Å². The van der Waals surface area contributed by atoms with Gasteiger partial charge >= 0.3 is 0 Å². The summed E-state index contributed by atoms with van der Waals surface area (Å²) in [5.74, 6) is -0.000648. The molecule has 0 N–H and O–H groups in total. The van der Waals surface area contributed by atoms with Crippen molar-refractivity contribution in [3.63, 3.8) is 0 Å². The Hall–Kier alpha value is -2.29. The van der Waals surface area contributed by atoms with Gasteiger partial charge in [0.05, 0.1) is 5.69 Å². The van der Waals surface area contributed by atoms with E-state index in [0.717, 1.165) is 11.3 Å². The first kappa shape index (κ1) is 9.90. The zero-order chi connectivity index (χ0) is 11.7. The van der Waals surface area contributed by atoms with E-state index in [4.69, 9.17) is 0 Å². The van der Waals surface area contributed by atoms with Crippen LogP contribution in [0.15, 0.2) is 64.8 Å². The molecule has 0 saturated carbocycles. The summed E-state index contributed by atoms with van der Waals surface area (Å²) in [6.07, 6.45) is 0. The van der Waals surface area contributed by atoms with Crippen molar-refractivity contribution in [2.45, 2.75) is 6.04 Å². The number of fused-ring (bicyclic) bond motifs is 1. The molecule has 0 saturated heterocycles. The molecule has 3 rings (SSSR count). The SMILES string of the molecule is O=C(c1ccccc1)[C@H]1N=Nc2ccccc21. The Kier molecular flexibility index (Phi) is 2.29. The molecular weight excluding hydrogens is 212 g/mol. The second-order valence-electron chi connectivity index (χ2n) is 3.91. The van der Waals surface area contributed by atoms with Crippen LogP contribution in [0, 0.1) is 0 Å². The van der Waals surface area contributed by atoms with Crippen LogP contribution in [0.25, 0.3) is 0 Å². The van der Waals surface area contributed by atoms with Gasteiger partial charge in [-0.1, -0.05) is 48.5 Å². The maximum atomic E-state index is 12.3. The smallest absolute Gasteiger partial charge is 0.193 e. The molecule has 3 heteroatoms. The van der Waals surface area contributed by atoms with Gasteiger partial charge in [-0.25, -0.2) is 0 Å². The Labute approximate surface area is 98.8 Å². The first-order chi connectivity index (χ1) is 8.36. The number of azo groups is 1. The molecule has 2 aromatic rings. The van der Waals surface area contributed by atoms with Crippen molar-refractivity contribution in [1.82, 2.24) is 0 Å². The third-order valence-electron chi connectivity index (χ3n) is 2.82. The van der Waals surface area contributed by atoms with Crippen LogP contribution < -0.4 is 0 Å². The molecule has 1 aliphatic heterocycles. The van der Waals surface area contributed by atoms with Gasteiger partial charge < -0.3 is 0 Å². The topological polar surface area (TPSA) is 41.8 Å². The van der Waals surface area contributed by atoms with Crippen LogP contribution in [-0.4, -0.2) is 5.78 Å². The average Bonchev–Trinajstić information content (AvgIpc) is 2.83. The number of carbonyl (C=O) groups is 1. The van der Waals surface area contributed by atoms with Gasteiger partial charge in [0.15, 0.2) is 11.8 Å².